The van der Waals surface area contributed by atoms with Crippen LogP contribution in [0, 0.1) is 11.3 Å². The van der Waals surface area contributed by atoms with Gasteiger partial charge in [0.05, 0.1) is 0 Å². The van der Waals surface area contributed by atoms with E-state index in [4.69, 9.17) is 0 Å². The van der Waals surface area contributed by atoms with E-state index >= 15 is 0 Å². The van der Waals surface area contributed by atoms with Crippen LogP contribution >= 0.6 is 0 Å². The second kappa shape index (κ2) is 4.45. The molecule has 2 saturated carbocycles. The predicted octanol–water partition coefficient (Wildman–Crippen LogP) is 3.73. The fraction of sp³-hybridized carbons (Fsp3) is 1.00. The molecule has 0 radical (unpaired) electrons. The van der Waals surface area contributed by atoms with Gasteiger partial charge in [0.2, 0.25) is 0 Å². The summed E-state index contributed by atoms with van der Waals surface area (Å²) in [6.45, 7) is 7.27. The first-order valence-corrected chi connectivity index (χ1v) is 6.86. The van der Waals surface area contributed by atoms with Crippen LogP contribution in [-0.2, 0) is 0 Å². The maximum Gasteiger partial charge on any atom is 0.0121 e. The molecular formula is C14H27N. The van der Waals surface area contributed by atoms with Crippen molar-refractivity contribution in [2.45, 2.75) is 77.8 Å². The maximum atomic E-state index is 3.91. The van der Waals surface area contributed by atoms with Crippen molar-refractivity contribution in [2.75, 3.05) is 0 Å². The molecule has 0 aromatic rings. The van der Waals surface area contributed by atoms with Crippen molar-refractivity contribution in [3.8, 4) is 0 Å². The summed E-state index contributed by atoms with van der Waals surface area (Å²) in [7, 11) is 0. The van der Waals surface area contributed by atoms with Gasteiger partial charge < -0.3 is 5.32 Å². The van der Waals surface area contributed by atoms with Gasteiger partial charge in [-0.15, -0.1) is 0 Å². The molecule has 0 aliphatic heterocycles. The molecular weight excluding hydrogens is 182 g/mol. The van der Waals surface area contributed by atoms with Gasteiger partial charge in [0.15, 0.2) is 0 Å². The normalized spacial score (nSPS) is 33.4. The minimum absolute atomic E-state index is 0.535. The SMILES string of the molecule is C[C@H](NC1CCCC1(C)C)C1CCCC1. The van der Waals surface area contributed by atoms with Crippen molar-refractivity contribution in [1.82, 2.24) is 5.32 Å². The molecule has 1 nitrogen and oxygen atoms in total. The molecule has 1 N–H and O–H groups in total. The predicted molar refractivity (Wildman–Crippen MR) is 66.0 cm³/mol. The van der Waals surface area contributed by atoms with Gasteiger partial charge in [0.1, 0.15) is 0 Å². The Morgan fingerprint density at radius 3 is 2.27 bits per heavy atom. The van der Waals surface area contributed by atoms with E-state index in [2.05, 4.69) is 26.1 Å². The lowest BCUT2D eigenvalue weighted by Crippen LogP contribution is -2.45. The molecule has 2 atom stereocenters. The highest BCUT2D eigenvalue weighted by Gasteiger charge is 2.36. The van der Waals surface area contributed by atoms with Crippen LogP contribution in [0.15, 0.2) is 0 Å². The van der Waals surface area contributed by atoms with Crippen LogP contribution in [0.25, 0.3) is 0 Å². The number of rotatable bonds is 3. The first-order valence-electron chi connectivity index (χ1n) is 6.86. The molecule has 0 saturated heterocycles. The van der Waals surface area contributed by atoms with Gasteiger partial charge in [0.25, 0.3) is 0 Å². The summed E-state index contributed by atoms with van der Waals surface area (Å²) in [5, 5.41) is 3.91. The number of hydrogen-bond donors (Lipinski definition) is 1. The van der Waals surface area contributed by atoms with Gasteiger partial charge in [0, 0.05) is 12.1 Å². The molecule has 2 fully saturated rings. The van der Waals surface area contributed by atoms with Crippen molar-refractivity contribution in [3.05, 3.63) is 0 Å². The van der Waals surface area contributed by atoms with Crippen LogP contribution in [0.1, 0.15) is 65.7 Å². The van der Waals surface area contributed by atoms with E-state index in [1.54, 1.807) is 0 Å². The molecule has 2 aliphatic rings. The zero-order valence-corrected chi connectivity index (χ0v) is 10.7. The summed E-state index contributed by atoms with van der Waals surface area (Å²) in [5.41, 5.74) is 0.535. The van der Waals surface area contributed by atoms with Crippen LogP contribution in [0.4, 0.5) is 0 Å². The Bertz CT molecular complexity index is 203. The molecule has 15 heavy (non-hydrogen) atoms. The van der Waals surface area contributed by atoms with Gasteiger partial charge in [-0.1, -0.05) is 33.1 Å². The first-order chi connectivity index (χ1) is 7.09. The molecule has 88 valence electrons. The van der Waals surface area contributed by atoms with Crippen molar-refractivity contribution >= 4 is 0 Å². The summed E-state index contributed by atoms with van der Waals surface area (Å²) in [4.78, 5) is 0. The van der Waals surface area contributed by atoms with Crippen LogP contribution in [0.5, 0.6) is 0 Å². The largest absolute Gasteiger partial charge is 0.311 e. The van der Waals surface area contributed by atoms with Crippen LogP contribution in [0.3, 0.4) is 0 Å². The topological polar surface area (TPSA) is 12.0 Å². The molecule has 1 heteroatoms. The summed E-state index contributed by atoms with van der Waals surface area (Å²) in [6, 6.07) is 1.52. The van der Waals surface area contributed by atoms with Crippen molar-refractivity contribution in [1.29, 1.82) is 0 Å². The Balaban J connectivity index is 1.85. The summed E-state index contributed by atoms with van der Waals surface area (Å²) >= 11 is 0. The quantitative estimate of drug-likeness (QED) is 0.747. The highest BCUT2D eigenvalue weighted by molar-refractivity contribution is 4.92. The third-order valence-corrected chi connectivity index (χ3v) is 4.83. The van der Waals surface area contributed by atoms with E-state index in [9.17, 15) is 0 Å². The molecule has 0 heterocycles. The molecule has 0 spiro atoms. The minimum atomic E-state index is 0.535. The Morgan fingerprint density at radius 2 is 1.73 bits per heavy atom. The van der Waals surface area contributed by atoms with Gasteiger partial charge in [-0.05, 0) is 43.9 Å². The van der Waals surface area contributed by atoms with Crippen molar-refractivity contribution in [2.24, 2.45) is 11.3 Å². The van der Waals surface area contributed by atoms with E-state index in [1.807, 2.05) is 0 Å². The van der Waals surface area contributed by atoms with E-state index in [1.165, 1.54) is 44.9 Å². The smallest absolute Gasteiger partial charge is 0.0121 e. The minimum Gasteiger partial charge on any atom is -0.311 e. The molecule has 0 amide bonds. The van der Waals surface area contributed by atoms with Crippen LogP contribution < -0.4 is 5.32 Å². The van der Waals surface area contributed by atoms with Crippen LogP contribution in [-0.4, -0.2) is 12.1 Å². The lowest BCUT2D eigenvalue weighted by molar-refractivity contribution is 0.238. The molecule has 0 bridgehead atoms. The molecule has 2 rings (SSSR count). The van der Waals surface area contributed by atoms with Crippen molar-refractivity contribution < 1.29 is 0 Å². The Hall–Kier alpha value is -0.0400. The number of nitrogens with one attached hydrogen (secondary N) is 1. The Morgan fingerprint density at radius 1 is 1.07 bits per heavy atom. The first kappa shape index (κ1) is 11.4. The summed E-state index contributed by atoms with van der Waals surface area (Å²) in [6.07, 6.45) is 10.1. The van der Waals surface area contributed by atoms with Crippen LogP contribution in [0.2, 0.25) is 0 Å². The van der Waals surface area contributed by atoms with Gasteiger partial charge in [-0.3, -0.25) is 0 Å². The zero-order valence-electron chi connectivity index (χ0n) is 10.7. The van der Waals surface area contributed by atoms with Crippen molar-refractivity contribution in [3.63, 3.8) is 0 Å². The maximum absolute atomic E-state index is 3.91. The zero-order chi connectivity index (χ0) is 10.9. The second-order valence-electron chi connectivity index (χ2n) is 6.43. The fourth-order valence-electron chi connectivity index (χ4n) is 3.55. The van der Waals surface area contributed by atoms with Gasteiger partial charge in [-0.2, -0.15) is 0 Å². The molecule has 0 aromatic heterocycles. The fourth-order valence-corrected chi connectivity index (χ4v) is 3.55. The average molecular weight is 209 g/mol. The highest BCUT2D eigenvalue weighted by atomic mass is 15.0. The van der Waals surface area contributed by atoms with E-state index in [-0.39, 0.29) is 0 Å². The Kier molecular flexibility index (Phi) is 3.39. The van der Waals surface area contributed by atoms with E-state index < -0.39 is 0 Å². The second-order valence-corrected chi connectivity index (χ2v) is 6.43. The number of hydrogen-bond acceptors (Lipinski definition) is 1. The van der Waals surface area contributed by atoms with E-state index in [0.29, 0.717) is 5.41 Å². The standard InChI is InChI=1S/C14H27N/c1-11(12-7-4-5-8-12)15-13-9-6-10-14(13,2)3/h11-13,15H,4-10H2,1-3H3/t11-,13?/m0/s1. The Labute approximate surface area is 95.0 Å². The highest BCUT2D eigenvalue weighted by Crippen LogP contribution is 2.38. The van der Waals surface area contributed by atoms with E-state index in [0.717, 1.165) is 18.0 Å². The lowest BCUT2D eigenvalue weighted by Gasteiger charge is -2.33. The average Bonchev–Trinajstić information content (AvgIpc) is 2.76. The summed E-state index contributed by atoms with van der Waals surface area (Å²) < 4.78 is 0. The summed E-state index contributed by atoms with van der Waals surface area (Å²) in [5.74, 6) is 0.960. The van der Waals surface area contributed by atoms with Gasteiger partial charge >= 0.3 is 0 Å². The monoisotopic (exact) mass is 209 g/mol. The third-order valence-electron chi connectivity index (χ3n) is 4.83. The van der Waals surface area contributed by atoms with Gasteiger partial charge in [-0.25, -0.2) is 0 Å². The molecule has 2 aliphatic carbocycles. The molecule has 0 aromatic carbocycles. The molecule has 1 unspecified atom stereocenters. The third kappa shape index (κ3) is 2.55. The lowest BCUT2D eigenvalue weighted by atomic mass is 9.86.